The van der Waals surface area contributed by atoms with E-state index in [-0.39, 0.29) is 17.5 Å². The molecule has 0 aliphatic carbocycles. The van der Waals surface area contributed by atoms with Crippen LogP contribution in [0, 0.1) is 16.0 Å². The molecule has 9 nitrogen and oxygen atoms in total. The van der Waals surface area contributed by atoms with Crippen LogP contribution in [-0.4, -0.2) is 59.3 Å². The number of nitro groups is 1. The smallest absolute Gasteiger partial charge is 0.287 e. The molecule has 2 fully saturated rings. The van der Waals surface area contributed by atoms with E-state index in [1.165, 1.54) is 12.3 Å². The van der Waals surface area contributed by atoms with Gasteiger partial charge in [0, 0.05) is 43.3 Å². The number of pyridine rings is 1. The van der Waals surface area contributed by atoms with E-state index in [0.717, 1.165) is 10.2 Å². The van der Waals surface area contributed by atoms with Crippen LogP contribution in [0.4, 0.5) is 17.2 Å². The van der Waals surface area contributed by atoms with Gasteiger partial charge in [-0.25, -0.2) is 4.98 Å². The largest absolute Gasteiger partial charge is 0.353 e. The van der Waals surface area contributed by atoms with E-state index in [1.54, 1.807) is 15.9 Å². The molecule has 0 N–H and O–H groups in total. The Bertz CT molecular complexity index is 975. The number of hydrogen-bond acceptors (Lipinski definition) is 6. The van der Waals surface area contributed by atoms with Crippen molar-refractivity contribution < 1.29 is 14.5 Å². The highest BCUT2D eigenvalue weighted by molar-refractivity contribution is 9.10. The fourth-order valence-electron chi connectivity index (χ4n) is 3.87. The van der Waals surface area contributed by atoms with Crippen molar-refractivity contribution in [3.8, 4) is 0 Å². The van der Waals surface area contributed by atoms with Crippen molar-refractivity contribution in [1.29, 1.82) is 0 Å². The van der Waals surface area contributed by atoms with Gasteiger partial charge in [-0.3, -0.25) is 19.7 Å². The summed E-state index contributed by atoms with van der Waals surface area (Å²) in [6, 6.07) is 10.5. The Morgan fingerprint density at radius 3 is 2.47 bits per heavy atom. The summed E-state index contributed by atoms with van der Waals surface area (Å²) in [7, 11) is 0. The predicted molar refractivity (Wildman–Crippen MR) is 114 cm³/mol. The minimum atomic E-state index is -0.652. The maximum absolute atomic E-state index is 13.0. The van der Waals surface area contributed by atoms with Crippen molar-refractivity contribution in [1.82, 2.24) is 9.88 Å². The lowest BCUT2D eigenvalue weighted by Crippen LogP contribution is -2.51. The molecule has 2 aliphatic rings. The van der Waals surface area contributed by atoms with Crippen molar-refractivity contribution in [2.45, 2.75) is 6.42 Å². The zero-order valence-electron chi connectivity index (χ0n) is 16.1. The van der Waals surface area contributed by atoms with Gasteiger partial charge in [0.15, 0.2) is 0 Å². The third-order valence-electron chi connectivity index (χ3n) is 5.51. The van der Waals surface area contributed by atoms with Gasteiger partial charge < -0.3 is 14.7 Å². The lowest BCUT2D eigenvalue weighted by Gasteiger charge is -2.36. The van der Waals surface area contributed by atoms with Gasteiger partial charge in [0.1, 0.15) is 17.9 Å². The molecule has 1 atom stereocenters. The van der Waals surface area contributed by atoms with Crippen molar-refractivity contribution in [3.63, 3.8) is 0 Å². The van der Waals surface area contributed by atoms with Crippen LogP contribution in [-0.2, 0) is 9.59 Å². The number of aromatic nitrogens is 1. The Kier molecular flexibility index (Phi) is 5.67. The molecule has 0 bridgehead atoms. The van der Waals surface area contributed by atoms with Crippen LogP contribution in [0.1, 0.15) is 6.42 Å². The third kappa shape index (κ3) is 3.87. The van der Waals surface area contributed by atoms with Gasteiger partial charge in [-0.2, -0.15) is 0 Å². The summed E-state index contributed by atoms with van der Waals surface area (Å²) < 4.78 is 0.829. The van der Waals surface area contributed by atoms with Crippen LogP contribution in [0.2, 0.25) is 0 Å². The highest BCUT2D eigenvalue weighted by Gasteiger charge is 2.40. The molecule has 1 unspecified atom stereocenters. The number of benzene rings is 1. The summed E-state index contributed by atoms with van der Waals surface area (Å²) in [4.78, 5) is 45.7. The lowest BCUT2D eigenvalue weighted by atomic mass is 10.1. The van der Waals surface area contributed by atoms with E-state index in [4.69, 9.17) is 0 Å². The SMILES string of the molecule is O=C(C1CCN(c2ccccc2Br)C1=O)N1CCN(c2ccc([N+](=O)[O-])cn2)CC1. The zero-order valence-corrected chi connectivity index (χ0v) is 17.7. The van der Waals surface area contributed by atoms with Gasteiger partial charge in [0.25, 0.3) is 5.69 Å². The Morgan fingerprint density at radius 1 is 1.10 bits per heavy atom. The van der Waals surface area contributed by atoms with Crippen LogP contribution < -0.4 is 9.80 Å². The van der Waals surface area contributed by atoms with Gasteiger partial charge in [-0.15, -0.1) is 0 Å². The van der Waals surface area contributed by atoms with Crippen LogP contribution in [0.15, 0.2) is 47.1 Å². The van der Waals surface area contributed by atoms with E-state index < -0.39 is 10.8 Å². The van der Waals surface area contributed by atoms with E-state index >= 15 is 0 Å². The Hall–Kier alpha value is -3.01. The molecule has 156 valence electrons. The number of amides is 2. The quantitative estimate of drug-likeness (QED) is 0.384. The maximum atomic E-state index is 13.0. The standard InChI is InChI=1S/C20H20BrN5O4/c21-16-3-1-2-4-17(16)25-8-7-15(20(25)28)19(27)24-11-9-23(10-12-24)18-6-5-14(13-22-18)26(29)30/h1-6,13,15H,7-12H2. The molecule has 1 aromatic heterocycles. The second-order valence-electron chi connectivity index (χ2n) is 7.23. The molecule has 2 aromatic rings. The summed E-state index contributed by atoms with van der Waals surface area (Å²) >= 11 is 3.47. The number of para-hydroxylation sites is 1. The molecule has 0 saturated carbocycles. The molecular weight excluding hydrogens is 454 g/mol. The van der Waals surface area contributed by atoms with Gasteiger partial charge in [-0.1, -0.05) is 12.1 Å². The number of nitrogens with zero attached hydrogens (tertiary/aromatic N) is 5. The summed E-state index contributed by atoms with van der Waals surface area (Å²) in [5, 5.41) is 10.8. The number of halogens is 1. The highest BCUT2D eigenvalue weighted by atomic mass is 79.9. The minimum absolute atomic E-state index is 0.0538. The van der Waals surface area contributed by atoms with Gasteiger partial charge in [0.05, 0.1) is 10.6 Å². The summed E-state index contributed by atoms with van der Waals surface area (Å²) in [6.45, 7) is 2.61. The molecule has 4 rings (SSSR count). The first kappa shape index (κ1) is 20.3. The van der Waals surface area contributed by atoms with Gasteiger partial charge >= 0.3 is 0 Å². The molecule has 0 radical (unpaired) electrons. The predicted octanol–water partition coefficient (Wildman–Crippen LogP) is 2.45. The molecular formula is C20H20BrN5O4. The van der Waals surface area contributed by atoms with E-state index in [2.05, 4.69) is 20.9 Å². The number of rotatable bonds is 4. The molecule has 0 spiro atoms. The van der Waals surface area contributed by atoms with Crippen LogP contribution >= 0.6 is 15.9 Å². The van der Waals surface area contributed by atoms with Crippen molar-refractivity contribution in [2.24, 2.45) is 5.92 Å². The Morgan fingerprint density at radius 2 is 1.83 bits per heavy atom. The average molecular weight is 474 g/mol. The lowest BCUT2D eigenvalue weighted by molar-refractivity contribution is -0.385. The average Bonchev–Trinajstić information content (AvgIpc) is 3.15. The van der Waals surface area contributed by atoms with Gasteiger partial charge in [-0.05, 0) is 40.5 Å². The van der Waals surface area contributed by atoms with Crippen molar-refractivity contribution in [3.05, 3.63) is 57.2 Å². The maximum Gasteiger partial charge on any atom is 0.287 e. The van der Waals surface area contributed by atoms with Gasteiger partial charge in [0.2, 0.25) is 11.8 Å². The first-order valence-electron chi connectivity index (χ1n) is 9.66. The van der Waals surface area contributed by atoms with Crippen molar-refractivity contribution in [2.75, 3.05) is 42.5 Å². The van der Waals surface area contributed by atoms with Crippen LogP contribution in [0.3, 0.4) is 0 Å². The number of hydrogen-bond donors (Lipinski definition) is 0. The van der Waals surface area contributed by atoms with E-state index in [9.17, 15) is 19.7 Å². The van der Waals surface area contributed by atoms with Crippen molar-refractivity contribution >= 4 is 44.9 Å². The highest BCUT2D eigenvalue weighted by Crippen LogP contribution is 2.32. The van der Waals surface area contributed by atoms with Crippen LogP contribution in [0.25, 0.3) is 0 Å². The number of anilines is 2. The molecule has 3 heterocycles. The summed E-state index contributed by atoms with van der Waals surface area (Å²) in [6.07, 6.45) is 1.74. The number of carbonyl (C=O) groups excluding carboxylic acids is 2. The monoisotopic (exact) mass is 473 g/mol. The molecule has 2 saturated heterocycles. The zero-order chi connectivity index (χ0) is 21.3. The molecule has 2 amide bonds. The normalized spacial score (nSPS) is 19.3. The molecule has 2 aliphatic heterocycles. The first-order chi connectivity index (χ1) is 14.5. The molecule has 10 heteroatoms. The number of piperazine rings is 1. The minimum Gasteiger partial charge on any atom is -0.353 e. The van der Waals surface area contributed by atoms with Crippen LogP contribution in [0.5, 0.6) is 0 Å². The van der Waals surface area contributed by atoms with E-state index in [1.807, 2.05) is 29.2 Å². The second kappa shape index (κ2) is 8.39. The molecule has 1 aromatic carbocycles. The van der Waals surface area contributed by atoms with E-state index in [0.29, 0.717) is 45.0 Å². The second-order valence-corrected chi connectivity index (χ2v) is 8.08. The topological polar surface area (TPSA) is 99.9 Å². The Balaban J connectivity index is 1.37. The number of carbonyl (C=O) groups is 2. The Labute approximate surface area is 181 Å². The summed E-state index contributed by atoms with van der Waals surface area (Å²) in [5.74, 6) is -0.303. The summed E-state index contributed by atoms with van der Waals surface area (Å²) in [5.41, 5.74) is 0.730. The molecule has 30 heavy (non-hydrogen) atoms. The third-order valence-corrected chi connectivity index (χ3v) is 6.18. The fourth-order valence-corrected chi connectivity index (χ4v) is 4.37. The fraction of sp³-hybridized carbons (Fsp3) is 0.350. The first-order valence-corrected chi connectivity index (χ1v) is 10.4.